The minimum Gasteiger partial charge on any atom is -0.369 e. The van der Waals surface area contributed by atoms with Crippen molar-refractivity contribution in [3.63, 3.8) is 0 Å². The van der Waals surface area contributed by atoms with Crippen LogP contribution in [0.5, 0.6) is 0 Å². The van der Waals surface area contributed by atoms with Crippen LogP contribution in [0, 0.1) is 12.3 Å². The number of aliphatic imine (C=N–C) groups is 1. The quantitative estimate of drug-likeness (QED) is 0.340. The maximum absolute atomic E-state index is 5.99. The van der Waals surface area contributed by atoms with Gasteiger partial charge in [-0.05, 0) is 19.1 Å². The lowest BCUT2D eigenvalue weighted by Gasteiger charge is -2.34. The number of morpholine rings is 1. The summed E-state index contributed by atoms with van der Waals surface area (Å²) in [6.07, 6.45) is 5.32. The molecule has 1 N–H and O–H groups in total. The van der Waals surface area contributed by atoms with Gasteiger partial charge in [0.2, 0.25) is 0 Å². The maximum Gasteiger partial charge on any atom is 0.195 e. The van der Waals surface area contributed by atoms with Crippen LogP contribution in [0.15, 0.2) is 17.1 Å². The molecule has 0 saturated carbocycles. The highest BCUT2D eigenvalue weighted by atomic mass is 127. The van der Waals surface area contributed by atoms with E-state index >= 15 is 0 Å². The van der Waals surface area contributed by atoms with Crippen LogP contribution in [0.3, 0.4) is 0 Å². The van der Waals surface area contributed by atoms with Gasteiger partial charge in [0, 0.05) is 18.0 Å². The van der Waals surface area contributed by atoms with Crippen LogP contribution in [0.2, 0.25) is 4.34 Å². The molecular formula is C14H19ClIN3OS. The van der Waals surface area contributed by atoms with Crippen LogP contribution in [-0.4, -0.2) is 43.6 Å². The number of thiophene rings is 1. The van der Waals surface area contributed by atoms with E-state index in [4.69, 9.17) is 22.8 Å². The van der Waals surface area contributed by atoms with Crippen molar-refractivity contribution in [2.24, 2.45) is 4.99 Å². The smallest absolute Gasteiger partial charge is 0.195 e. The molecule has 1 aliphatic rings. The van der Waals surface area contributed by atoms with Crippen molar-refractivity contribution in [1.29, 1.82) is 0 Å². The Kier molecular flexibility index (Phi) is 8.41. The van der Waals surface area contributed by atoms with Crippen molar-refractivity contribution in [2.75, 3.05) is 32.8 Å². The van der Waals surface area contributed by atoms with E-state index in [0.717, 1.165) is 34.8 Å². The first-order chi connectivity index (χ1) is 9.74. The molecule has 1 unspecified atom stereocenters. The topological polar surface area (TPSA) is 36.9 Å². The molecule has 0 spiro atoms. The third-order valence-corrected chi connectivity index (χ3v) is 4.26. The highest BCUT2D eigenvalue weighted by Gasteiger charge is 2.25. The van der Waals surface area contributed by atoms with E-state index < -0.39 is 0 Å². The highest BCUT2D eigenvalue weighted by molar-refractivity contribution is 14.0. The van der Waals surface area contributed by atoms with E-state index in [-0.39, 0.29) is 30.1 Å². The summed E-state index contributed by atoms with van der Waals surface area (Å²) in [5.41, 5.74) is 0. The number of nitrogens with zero attached hydrogens (tertiary/aromatic N) is 2. The lowest BCUT2D eigenvalue weighted by molar-refractivity contribution is -0.00596. The van der Waals surface area contributed by atoms with Crippen LogP contribution in [0.1, 0.15) is 17.9 Å². The summed E-state index contributed by atoms with van der Waals surface area (Å²) in [4.78, 5) is 7.74. The standard InChI is InChI=1S/C14H18ClN3OS.HI/c1-3-7-17-14(16-4-2)18-8-9-19-11(10-18)12-5-6-13(15)20-12;/h1,5-6,11H,4,7-10H2,2H3,(H,16,17);1H. The minimum atomic E-state index is 0. The second-order valence-electron chi connectivity index (χ2n) is 4.32. The Balaban J connectivity index is 0.00000220. The summed E-state index contributed by atoms with van der Waals surface area (Å²) in [6.45, 7) is 5.48. The Labute approximate surface area is 151 Å². The number of ether oxygens (including phenoxy) is 1. The SMILES string of the molecule is C#CCN=C(NCC)N1CCOC(c2ccc(Cl)s2)C1.I. The first kappa shape index (κ1) is 18.6. The van der Waals surface area contributed by atoms with Gasteiger partial charge in [0.25, 0.3) is 0 Å². The molecule has 0 bridgehead atoms. The Hall–Kier alpha value is -0.490. The number of hydrogen-bond acceptors (Lipinski definition) is 3. The van der Waals surface area contributed by atoms with Crippen LogP contribution in [-0.2, 0) is 4.74 Å². The number of nitrogens with one attached hydrogen (secondary N) is 1. The summed E-state index contributed by atoms with van der Waals surface area (Å²) >= 11 is 7.55. The molecule has 1 fully saturated rings. The molecule has 7 heteroatoms. The van der Waals surface area contributed by atoms with Gasteiger partial charge in [0.15, 0.2) is 5.96 Å². The van der Waals surface area contributed by atoms with E-state index in [9.17, 15) is 0 Å². The van der Waals surface area contributed by atoms with E-state index in [0.29, 0.717) is 13.2 Å². The lowest BCUT2D eigenvalue weighted by Crippen LogP contribution is -2.48. The Bertz CT molecular complexity index is 515. The van der Waals surface area contributed by atoms with Crippen molar-refractivity contribution in [3.8, 4) is 12.3 Å². The zero-order valence-electron chi connectivity index (χ0n) is 11.8. The largest absolute Gasteiger partial charge is 0.369 e. The Morgan fingerprint density at radius 1 is 1.67 bits per heavy atom. The summed E-state index contributed by atoms with van der Waals surface area (Å²) < 4.78 is 6.61. The van der Waals surface area contributed by atoms with Crippen molar-refractivity contribution >= 4 is 52.9 Å². The number of guanidine groups is 1. The highest BCUT2D eigenvalue weighted by Crippen LogP contribution is 2.31. The second kappa shape index (κ2) is 9.51. The predicted molar refractivity (Wildman–Crippen MR) is 99.8 cm³/mol. The van der Waals surface area contributed by atoms with Gasteiger partial charge in [-0.25, -0.2) is 4.99 Å². The molecule has 0 radical (unpaired) electrons. The van der Waals surface area contributed by atoms with Crippen LogP contribution in [0.4, 0.5) is 0 Å². The molecule has 0 aromatic carbocycles. The maximum atomic E-state index is 5.99. The van der Waals surface area contributed by atoms with E-state index in [1.807, 2.05) is 19.1 Å². The predicted octanol–water partition coefficient (Wildman–Crippen LogP) is 2.99. The van der Waals surface area contributed by atoms with Gasteiger partial charge in [-0.1, -0.05) is 17.5 Å². The minimum absolute atomic E-state index is 0. The van der Waals surface area contributed by atoms with Crippen LogP contribution in [0.25, 0.3) is 0 Å². The molecular weight excluding hydrogens is 421 g/mol. The Morgan fingerprint density at radius 3 is 3.10 bits per heavy atom. The zero-order chi connectivity index (χ0) is 14.4. The molecule has 2 rings (SSSR count). The first-order valence-electron chi connectivity index (χ1n) is 6.58. The van der Waals surface area contributed by atoms with Gasteiger partial charge in [0.05, 0.1) is 17.5 Å². The number of halogens is 2. The third kappa shape index (κ3) is 5.33. The molecule has 21 heavy (non-hydrogen) atoms. The van der Waals surface area contributed by atoms with Gasteiger partial charge in [-0.2, -0.15) is 0 Å². The molecule has 0 aliphatic carbocycles. The molecule has 1 aromatic heterocycles. The Morgan fingerprint density at radius 2 is 2.48 bits per heavy atom. The second-order valence-corrected chi connectivity index (χ2v) is 6.07. The van der Waals surface area contributed by atoms with Crippen molar-refractivity contribution < 1.29 is 4.74 Å². The monoisotopic (exact) mass is 439 g/mol. The molecule has 1 saturated heterocycles. The summed E-state index contributed by atoms with van der Waals surface area (Å²) in [5, 5.41) is 3.27. The molecule has 4 nitrogen and oxygen atoms in total. The van der Waals surface area contributed by atoms with E-state index in [1.54, 1.807) is 11.3 Å². The van der Waals surface area contributed by atoms with Crippen molar-refractivity contribution in [2.45, 2.75) is 13.0 Å². The zero-order valence-corrected chi connectivity index (χ0v) is 15.7. The summed E-state index contributed by atoms with van der Waals surface area (Å²) in [5.74, 6) is 3.39. The lowest BCUT2D eigenvalue weighted by atomic mass is 10.2. The molecule has 2 heterocycles. The van der Waals surface area contributed by atoms with Gasteiger partial charge in [-0.3, -0.25) is 0 Å². The average Bonchev–Trinajstić information content (AvgIpc) is 2.90. The normalized spacial score (nSPS) is 18.8. The fourth-order valence-electron chi connectivity index (χ4n) is 2.06. The molecule has 0 amide bonds. The van der Waals surface area contributed by atoms with Gasteiger partial charge in [-0.15, -0.1) is 41.7 Å². The van der Waals surface area contributed by atoms with Gasteiger partial charge in [0.1, 0.15) is 12.6 Å². The molecule has 1 aliphatic heterocycles. The van der Waals surface area contributed by atoms with Crippen molar-refractivity contribution in [3.05, 3.63) is 21.3 Å². The number of rotatable bonds is 3. The first-order valence-corrected chi connectivity index (χ1v) is 7.77. The number of terminal acetylenes is 1. The molecule has 1 atom stereocenters. The van der Waals surface area contributed by atoms with Gasteiger partial charge < -0.3 is 15.0 Å². The van der Waals surface area contributed by atoms with Crippen molar-refractivity contribution in [1.82, 2.24) is 10.2 Å². The number of hydrogen-bond donors (Lipinski definition) is 1. The van der Waals surface area contributed by atoms with Crippen LogP contribution < -0.4 is 5.32 Å². The van der Waals surface area contributed by atoms with Gasteiger partial charge >= 0.3 is 0 Å². The van der Waals surface area contributed by atoms with E-state index in [2.05, 4.69) is 21.1 Å². The fraction of sp³-hybridized carbons (Fsp3) is 0.500. The molecule has 1 aromatic rings. The van der Waals surface area contributed by atoms with Crippen LogP contribution >= 0.6 is 46.9 Å². The van der Waals surface area contributed by atoms with E-state index in [1.165, 1.54) is 0 Å². The third-order valence-electron chi connectivity index (χ3n) is 2.93. The fourth-order valence-corrected chi connectivity index (χ4v) is 3.16. The average molecular weight is 440 g/mol. The summed E-state index contributed by atoms with van der Waals surface area (Å²) in [6, 6.07) is 3.92. The molecule has 116 valence electrons. The summed E-state index contributed by atoms with van der Waals surface area (Å²) in [7, 11) is 0.